The molecule has 8 nitrogen and oxygen atoms in total. The van der Waals surface area contributed by atoms with Crippen molar-refractivity contribution in [3.05, 3.63) is 63.1 Å². The molecule has 1 amide bonds. The van der Waals surface area contributed by atoms with E-state index in [9.17, 15) is 14.4 Å². The fourth-order valence-corrected chi connectivity index (χ4v) is 4.11. The average molecular weight is 395 g/mol. The van der Waals surface area contributed by atoms with Gasteiger partial charge in [0.15, 0.2) is 11.2 Å². The number of nitrogens with one attached hydrogen (secondary N) is 1. The van der Waals surface area contributed by atoms with Crippen LogP contribution in [0.1, 0.15) is 44.2 Å². The van der Waals surface area contributed by atoms with Crippen molar-refractivity contribution in [3.8, 4) is 0 Å². The summed E-state index contributed by atoms with van der Waals surface area (Å²) in [5.74, 6) is -0.357. The molecule has 3 aromatic rings. The molecule has 4 rings (SSSR count). The molecule has 1 fully saturated rings. The van der Waals surface area contributed by atoms with E-state index in [-0.39, 0.29) is 25.0 Å². The van der Waals surface area contributed by atoms with Crippen molar-refractivity contribution < 1.29 is 4.79 Å². The van der Waals surface area contributed by atoms with E-state index in [4.69, 9.17) is 0 Å². The number of aromatic nitrogens is 4. The standard InChI is InChI=1S/C21H25N5O3/c1-2-22-17(27)13-25-20(28)18-19(23-14-26(18)16-10-6-7-11-16)24(21(25)29)12-15-8-4-3-5-9-15/h3-5,8-9,14,16H,2,6-7,10-13H2,1H3,(H,22,27). The van der Waals surface area contributed by atoms with E-state index in [0.717, 1.165) is 35.8 Å². The van der Waals surface area contributed by atoms with Crippen LogP contribution < -0.4 is 16.6 Å². The van der Waals surface area contributed by atoms with Gasteiger partial charge in [0.25, 0.3) is 5.56 Å². The Morgan fingerprint density at radius 2 is 1.86 bits per heavy atom. The molecule has 152 valence electrons. The molecule has 29 heavy (non-hydrogen) atoms. The van der Waals surface area contributed by atoms with Gasteiger partial charge in [0, 0.05) is 12.6 Å². The van der Waals surface area contributed by atoms with E-state index in [1.165, 1.54) is 4.57 Å². The number of carbonyl (C=O) groups is 1. The van der Waals surface area contributed by atoms with Gasteiger partial charge in [-0.25, -0.2) is 14.3 Å². The summed E-state index contributed by atoms with van der Waals surface area (Å²) < 4.78 is 4.43. The molecule has 0 radical (unpaired) electrons. The number of nitrogens with zero attached hydrogens (tertiary/aromatic N) is 4. The Hall–Kier alpha value is -3.16. The summed E-state index contributed by atoms with van der Waals surface area (Å²) in [6.45, 7) is 2.22. The topological polar surface area (TPSA) is 90.9 Å². The van der Waals surface area contributed by atoms with Crippen LogP contribution in [0.5, 0.6) is 0 Å². The smallest absolute Gasteiger partial charge is 0.333 e. The molecule has 0 aliphatic heterocycles. The van der Waals surface area contributed by atoms with Gasteiger partial charge in [-0.05, 0) is 25.3 Å². The molecule has 1 aliphatic rings. The molecule has 1 aliphatic carbocycles. The van der Waals surface area contributed by atoms with Crippen molar-refractivity contribution >= 4 is 17.1 Å². The predicted molar refractivity (Wildman–Crippen MR) is 110 cm³/mol. The first-order chi connectivity index (χ1) is 14.1. The third-order valence-corrected chi connectivity index (χ3v) is 5.52. The van der Waals surface area contributed by atoms with Crippen molar-refractivity contribution in [1.82, 2.24) is 24.0 Å². The Bertz CT molecular complexity index is 1140. The fraction of sp³-hybridized carbons (Fsp3) is 0.429. The van der Waals surface area contributed by atoms with Gasteiger partial charge in [-0.1, -0.05) is 43.2 Å². The normalized spacial score (nSPS) is 14.5. The summed E-state index contributed by atoms with van der Waals surface area (Å²) in [6.07, 6.45) is 5.86. The van der Waals surface area contributed by atoms with Gasteiger partial charge in [-0.15, -0.1) is 0 Å². The maximum atomic E-state index is 13.2. The quantitative estimate of drug-likeness (QED) is 0.687. The number of amides is 1. The van der Waals surface area contributed by atoms with E-state index >= 15 is 0 Å². The molecule has 8 heteroatoms. The van der Waals surface area contributed by atoms with Crippen LogP contribution >= 0.6 is 0 Å². The van der Waals surface area contributed by atoms with Gasteiger partial charge in [-0.2, -0.15) is 0 Å². The number of carbonyl (C=O) groups excluding carboxylic acids is 1. The zero-order valence-electron chi connectivity index (χ0n) is 16.5. The van der Waals surface area contributed by atoms with Gasteiger partial charge in [-0.3, -0.25) is 14.2 Å². The number of fused-ring (bicyclic) bond motifs is 1. The van der Waals surface area contributed by atoms with Crippen molar-refractivity contribution in [3.63, 3.8) is 0 Å². The van der Waals surface area contributed by atoms with Crippen LogP contribution in [0.4, 0.5) is 0 Å². The van der Waals surface area contributed by atoms with Crippen molar-refractivity contribution in [2.75, 3.05) is 6.54 Å². The third-order valence-electron chi connectivity index (χ3n) is 5.52. The lowest BCUT2D eigenvalue weighted by Crippen LogP contribution is -2.44. The molecule has 2 aromatic heterocycles. The van der Waals surface area contributed by atoms with Crippen LogP contribution in [-0.4, -0.2) is 31.1 Å². The highest BCUT2D eigenvalue weighted by atomic mass is 16.2. The molecule has 0 bridgehead atoms. The zero-order valence-corrected chi connectivity index (χ0v) is 16.5. The molecule has 0 saturated heterocycles. The minimum Gasteiger partial charge on any atom is -0.355 e. The maximum Gasteiger partial charge on any atom is 0.333 e. The summed E-state index contributed by atoms with van der Waals surface area (Å²) in [5, 5.41) is 2.66. The Labute approximate surface area is 167 Å². The lowest BCUT2D eigenvalue weighted by atomic mass is 10.2. The molecule has 1 aromatic carbocycles. The van der Waals surface area contributed by atoms with Crippen LogP contribution in [0.2, 0.25) is 0 Å². The summed E-state index contributed by atoms with van der Waals surface area (Å²) in [4.78, 5) is 43.0. The summed E-state index contributed by atoms with van der Waals surface area (Å²) >= 11 is 0. The second-order valence-electron chi connectivity index (χ2n) is 7.46. The van der Waals surface area contributed by atoms with Crippen molar-refractivity contribution in [2.45, 2.75) is 51.7 Å². The van der Waals surface area contributed by atoms with Gasteiger partial charge >= 0.3 is 5.69 Å². The minimum atomic E-state index is -0.519. The van der Waals surface area contributed by atoms with Gasteiger partial charge in [0.1, 0.15) is 6.54 Å². The highest BCUT2D eigenvalue weighted by Gasteiger charge is 2.24. The van der Waals surface area contributed by atoms with Gasteiger partial charge < -0.3 is 9.88 Å². The fourth-order valence-electron chi connectivity index (χ4n) is 4.11. The van der Waals surface area contributed by atoms with Crippen LogP contribution in [0, 0.1) is 0 Å². The van der Waals surface area contributed by atoms with Gasteiger partial charge in [0.2, 0.25) is 5.91 Å². The Kier molecular flexibility index (Phi) is 5.33. The first-order valence-electron chi connectivity index (χ1n) is 10.1. The average Bonchev–Trinajstić information content (AvgIpc) is 3.39. The van der Waals surface area contributed by atoms with Crippen LogP contribution in [0.15, 0.2) is 46.2 Å². The third kappa shape index (κ3) is 3.62. The predicted octanol–water partition coefficient (Wildman–Crippen LogP) is 1.66. The lowest BCUT2D eigenvalue weighted by Gasteiger charge is -2.15. The Balaban J connectivity index is 1.91. The first kappa shape index (κ1) is 19.2. The highest BCUT2D eigenvalue weighted by Crippen LogP contribution is 2.31. The van der Waals surface area contributed by atoms with Crippen LogP contribution in [0.3, 0.4) is 0 Å². The lowest BCUT2D eigenvalue weighted by molar-refractivity contribution is -0.121. The minimum absolute atomic E-state index is 0.202. The number of benzene rings is 1. The molecular formula is C21H25N5O3. The number of imidazole rings is 1. The second kappa shape index (κ2) is 8.06. The highest BCUT2D eigenvalue weighted by molar-refractivity contribution is 5.76. The molecular weight excluding hydrogens is 370 g/mol. The Morgan fingerprint density at radius 1 is 1.14 bits per heavy atom. The number of hydrogen-bond donors (Lipinski definition) is 1. The summed E-state index contributed by atoms with van der Waals surface area (Å²) in [5.41, 5.74) is 0.730. The van der Waals surface area contributed by atoms with E-state index in [1.807, 2.05) is 34.9 Å². The van der Waals surface area contributed by atoms with Crippen LogP contribution in [-0.2, 0) is 17.9 Å². The maximum absolute atomic E-state index is 13.2. The molecule has 2 heterocycles. The van der Waals surface area contributed by atoms with Crippen molar-refractivity contribution in [1.29, 1.82) is 0 Å². The zero-order chi connectivity index (χ0) is 20.4. The summed E-state index contributed by atoms with van der Waals surface area (Å²) in [7, 11) is 0. The first-order valence-corrected chi connectivity index (χ1v) is 10.1. The van der Waals surface area contributed by atoms with Crippen LogP contribution in [0.25, 0.3) is 11.2 Å². The number of rotatable bonds is 6. The largest absolute Gasteiger partial charge is 0.355 e. The molecule has 1 N–H and O–H groups in total. The van der Waals surface area contributed by atoms with Gasteiger partial charge in [0.05, 0.1) is 12.9 Å². The second-order valence-corrected chi connectivity index (χ2v) is 7.46. The Morgan fingerprint density at radius 3 is 2.55 bits per heavy atom. The van der Waals surface area contributed by atoms with E-state index in [2.05, 4.69) is 10.3 Å². The van der Waals surface area contributed by atoms with E-state index in [1.54, 1.807) is 13.3 Å². The molecule has 0 unspecified atom stereocenters. The monoisotopic (exact) mass is 395 g/mol. The number of likely N-dealkylation sites (N-methyl/N-ethyl adjacent to an activating group) is 1. The molecule has 1 saturated carbocycles. The van der Waals surface area contributed by atoms with Crippen molar-refractivity contribution in [2.24, 2.45) is 0 Å². The van der Waals surface area contributed by atoms with E-state index < -0.39 is 11.2 Å². The molecule has 0 spiro atoms. The number of hydrogen-bond acceptors (Lipinski definition) is 4. The van der Waals surface area contributed by atoms with E-state index in [0.29, 0.717) is 17.7 Å². The SMILES string of the molecule is CCNC(=O)Cn1c(=O)c2c(ncn2C2CCCC2)n(Cc2ccccc2)c1=O. The summed E-state index contributed by atoms with van der Waals surface area (Å²) in [6, 6.07) is 9.76. The molecule has 0 atom stereocenters.